The zero-order chi connectivity index (χ0) is 12.4. The number of para-hydroxylation sites is 1. The van der Waals surface area contributed by atoms with Crippen molar-refractivity contribution >= 4 is 22.8 Å². The molecule has 1 aromatic carbocycles. The van der Waals surface area contributed by atoms with E-state index in [1.807, 2.05) is 31.2 Å². The van der Waals surface area contributed by atoms with E-state index in [9.17, 15) is 9.59 Å². The van der Waals surface area contributed by atoms with Gasteiger partial charge in [0.2, 0.25) is 0 Å². The Morgan fingerprint density at radius 3 is 2.71 bits per heavy atom. The lowest BCUT2D eigenvalue weighted by atomic mass is 10.1. The van der Waals surface area contributed by atoms with Crippen LogP contribution in [0.1, 0.15) is 16.1 Å². The molecular weight excluding hydrogens is 220 g/mol. The summed E-state index contributed by atoms with van der Waals surface area (Å²) in [5, 5.41) is 11.8. The molecule has 0 aliphatic heterocycles. The van der Waals surface area contributed by atoms with E-state index < -0.39 is 11.9 Å². The van der Waals surface area contributed by atoms with Crippen LogP contribution in [0.2, 0.25) is 0 Å². The van der Waals surface area contributed by atoms with E-state index in [0.29, 0.717) is 5.69 Å². The second-order valence-electron chi connectivity index (χ2n) is 3.75. The van der Waals surface area contributed by atoms with Crippen molar-refractivity contribution < 1.29 is 14.7 Å². The van der Waals surface area contributed by atoms with Gasteiger partial charge >= 0.3 is 5.97 Å². The zero-order valence-electron chi connectivity index (χ0n) is 9.28. The minimum Gasteiger partial charge on any atom is -0.480 e. The maximum Gasteiger partial charge on any atom is 0.322 e. The van der Waals surface area contributed by atoms with Crippen molar-refractivity contribution in [3.05, 3.63) is 35.5 Å². The molecule has 1 heterocycles. The third-order valence-corrected chi connectivity index (χ3v) is 2.59. The summed E-state index contributed by atoms with van der Waals surface area (Å²) in [7, 11) is 0. The van der Waals surface area contributed by atoms with Crippen molar-refractivity contribution in [3.63, 3.8) is 0 Å². The largest absolute Gasteiger partial charge is 0.480 e. The number of nitrogens with one attached hydrogen (secondary N) is 2. The molecule has 5 nitrogen and oxygen atoms in total. The molecule has 0 atom stereocenters. The van der Waals surface area contributed by atoms with Gasteiger partial charge in [0.15, 0.2) is 0 Å². The Morgan fingerprint density at radius 1 is 1.35 bits per heavy atom. The highest BCUT2D eigenvalue weighted by molar-refractivity contribution is 6.01. The highest BCUT2D eigenvalue weighted by Gasteiger charge is 2.14. The average Bonchev–Trinajstić information content (AvgIpc) is 2.64. The summed E-state index contributed by atoms with van der Waals surface area (Å²) < 4.78 is 0. The first kappa shape index (κ1) is 11.2. The summed E-state index contributed by atoms with van der Waals surface area (Å²) in [5.74, 6) is -1.46. The van der Waals surface area contributed by atoms with Crippen LogP contribution in [-0.4, -0.2) is 28.5 Å². The summed E-state index contributed by atoms with van der Waals surface area (Å²) in [6.07, 6.45) is 0. The van der Waals surface area contributed by atoms with E-state index in [-0.39, 0.29) is 6.54 Å². The van der Waals surface area contributed by atoms with Crippen molar-refractivity contribution in [3.8, 4) is 0 Å². The zero-order valence-corrected chi connectivity index (χ0v) is 9.28. The van der Waals surface area contributed by atoms with Crippen LogP contribution in [0.3, 0.4) is 0 Å². The number of aryl methyl sites for hydroxylation is 1. The van der Waals surface area contributed by atoms with Gasteiger partial charge in [0.1, 0.15) is 12.2 Å². The number of rotatable bonds is 3. The molecule has 5 heteroatoms. The van der Waals surface area contributed by atoms with Crippen LogP contribution in [0, 0.1) is 6.92 Å². The smallest absolute Gasteiger partial charge is 0.322 e. The lowest BCUT2D eigenvalue weighted by Gasteiger charge is -2.00. The molecule has 88 valence electrons. The van der Waals surface area contributed by atoms with Crippen LogP contribution in [0.5, 0.6) is 0 Å². The highest BCUT2D eigenvalue weighted by atomic mass is 16.4. The first-order chi connectivity index (χ1) is 8.09. The molecule has 0 bridgehead atoms. The number of carboxylic acids is 1. The Bertz CT molecular complexity index is 586. The van der Waals surface area contributed by atoms with Gasteiger partial charge < -0.3 is 15.4 Å². The number of aromatic nitrogens is 1. The molecule has 0 saturated carbocycles. The van der Waals surface area contributed by atoms with Crippen molar-refractivity contribution in [2.45, 2.75) is 6.92 Å². The molecule has 0 unspecified atom stereocenters. The van der Waals surface area contributed by atoms with E-state index in [1.54, 1.807) is 0 Å². The van der Waals surface area contributed by atoms with Gasteiger partial charge in [-0.2, -0.15) is 0 Å². The number of carboxylic acid groups (broad SMARTS) is 1. The minimum atomic E-state index is -1.06. The number of amides is 1. The predicted molar refractivity (Wildman–Crippen MR) is 63.0 cm³/mol. The van der Waals surface area contributed by atoms with Crippen LogP contribution < -0.4 is 5.32 Å². The number of benzene rings is 1. The summed E-state index contributed by atoms with van der Waals surface area (Å²) in [6, 6.07) is 7.55. The molecule has 2 aromatic rings. The summed E-state index contributed by atoms with van der Waals surface area (Å²) in [4.78, 5) is 25.1. The van der Waals surface area contributed by atoms with E-state index in [0.717, 1.165) is 16.5 Å². The Morgan fingerprint density at radius 2 is 2.06 bits per heavy atom. The van der Waals surface area contributed by atoms with Crippen LogP contribution in [-0.2, 0) is 4.79 Å². The number of carbonyl (C=O) groups is 2. The van der Waals surface area contributed by atoms with Crippen LogP contribution in [0.25, 0.3) is 10.9 Å². The Labute approximate surface area is 97.4 Å². The fourth-order valence-electron chi connectivity index (χ4n) is 1.75. The molecule has 0 aliphatic carbocycles. The Balaban J connectivity index is 2.32. The van der Waals surface area contributed by atoms with E-state index in [4.69, 9.17) is 5.11 Å². The molecule has 3 N–H and O–H groups in total. The number of fused-ring (bicyclic) bond motifs is 1. The number of aliphatic carboxylic acids is 1. The molecule has 0 saturated heterocycles. The standard InChI is InChI=1S/C12H12N2O3/c1-7-8-4-2-3-5-9(8)14-11(7)12(17)13-6-10(15)16/h2-5,14H,6H2,1H3,(H,13,17)(H,15,16). The molecule has 2 rings (SSSR count). The number of hydrogen-bond donors (Lipinski definition) is 3. The minimum absolute atomic E-state index is 0.381. The van der Waals surface area contributed by atoms with Gasteiger partial charge in [-0.25, -0.2) is 0 Å². The number of H-pyrrole nitrogens is 1. The molecule has 0 fully saturated rings. The molecule has 1 aromatic heterocycles. The van der Waals surface area contributed by atoms with E-state index in [1.165, 1.54) is 0 Å². The number of aromatic amines is 1. The van der Waals surface area contributed by atoms with Crippen LogP contribution in [0.15, 0.2) is 24.3 Å². The van der Waals surface area contributed by atoms with Crippen molar-refractivity contribution in [1.29, 1.82) is 0 Å². The van der Waals surface area contributed by atoms with Gasteiger partial charge in [-0.3, -0.25) is 9.59 Å². The first-order valence-electron chi connectivity index (χ1n) is 5.17. The Kier molecular flexibility index (Phi) is 2.82. The van der Waals surface area contributed by atoms with Crippen molar-refractivity contribution in [2.75, 3.05) is 6.54 Å². The highest BCUT2D eigenvalue weighted by Crippen LogP contribution is 2.20. The maximum atomic E-state index is 11.7. The van der Waals surface area contributed by atoms with Gasteiger partial charge in [-0.15, -0.1) is 0 Å². The fourth-order valence-corrected chi connectivity index (χ4v) is 1.75. The normalized spacial score (nSPS) is 10.4. The molecule has 0 spiro atoms. The lowest BCUT2D eigenvalue weighted by Crippen LogP contribution is -2.29. The lowest BCUT2D eigenvalue weighted by molar-refractivity contribution is -0.135. The fraction of sp³-hybridized carbons (Fsp3) is 0.167. The quantitative estimate of drug-likeness (QED) is 0.745. The van der Waals surface area contributed by atoms with Gasteiger partial charge in [0.05, 0.1) is 0 Å². The van der Waals surface area contributed by atoms with Crippen LogP contribution >= 0.6 is 0 Å². The second kappa shape index (κ2) is 4.29. The first-order valence-corrected chi connectivity index (χ1v) is 5.17. The van der Waals surface area contributed by atoms with Crippen LogP contribution in [0.4, 0.5) is 0 Å². The summed E-state index contributed by atoms with van der Waals surface area (Å²) in [6.45, 7) is 1.45. The van der Waals surface area contributed by atoms with Gasteiger partial charge in [0.25, 0.3) is 5.91 Å². The molecular formula is C12H12N2O3. The van der Waals surface area contributed by atoms with Crippen molar-refractivity contribution in [2.24, 2.45) is 0 Å². The SMILES string of the molecule is Cc1c(C(=O)NCC(=O)O)[nH]c2ccccc12. The summed E-state index contributed by atoms with van der Waals surface area (Å²) in [5.41, 5.74) is 2.10. The molecule has 1 amide bonds. The van der Waals surface area contributed by atoms with E-state index in [2.05, 4.69) is 10.3 Å². The molecule has 17 heavy (non-hydrogen) atoms. The Hall–Kier alpha value is -2.30. The van der Waals surface area contributed by atoms with Gasteiger partial charge in [0, 0.05) is 10.9 Å². The number of carbonyl (C=O) groups excluding carboxylic acids is 1. The molecule has 0 aliphatic rings. The topological polar surface area (TPSA) is 82.2 Å². The predicted octanol–water partition coefficient (Wildman–Crippen LogP) is 1.29. The molecule has 0 radical (unpaired) electrons. The maximum absolute atomic E-state index is 11.7. The van der Waals surface area contributed by atoms with Crippen molar-refractivity contribution in [1.82, 2.24) is 10.3 Å². The monoisotopic (exact) mass is 232 g/mol. The third-order valence-electron chi connectivity index (χ3n) is 2.59. The third kappa shape index (κ3) is 2.13. The van der Waals surface area contributed by atoms with E-state index >= 15 is 0 Å². The number of hydrogen-bond acceptors (Lipinski definition) is 2. The van der Waals surface area contributed by atoms with Gasteiger partial charge in [-0.1, -0.05) is 18.2 Å². The summed E-state index contributed by atoms with van der Waals surface area (Å²) >= 11 is 0. The average molecular weight is 232 g/mol. The second-order valence-corrected chi connectivity index (χ2v) is 3.75. The van der Waals surface area contributed by atoms with Gasteiger partial charge in [-0.05, 0) is 18.6 Å².